The Bertz CT molecular complexity index is 746. The van der Waals surface area contributed by atoms with E-state index in [0.29, 0.717) is 41.8 Å². The van der Waals surface area contributed by atoms with Crippen LogP contribution in [-0.2, 0) is 4.74 Å². The first-order valence-electron chi connectivity index (χ1n) is 7.95. The van der Waals surface area contributed by atoms with Gasteiger partial charge in [-0.2, -0.15) is 5.10 Å². The molecular weight excluding hydrogens is 306 g/mol. The van der Waals surface area contributed by atoms with Gasteiger partial charge < -0.3 is 9.47 Å². The van der Waals surface area contributed by atoms with Gasteiger partial charge >= 0.3 is 5.97 Å². The van der Waals surface area contributed by atoms with Gasteiger partial charge in [0.25, 0.3) is 0 Å². The van der Waals surface area contributed by atoms with Crippen molar-refractivity contribution in [3.8, 4) is 11.4 Å². The number of carbonyl (C=O) groups excluding carboxylic acids is 1. The van der Waals surface area contributed by atoms with Crippen molar-refractivity contribution in [2.24, 2.45) is 5.92 Å². The molecule has 1 atom stereocenters. The number of benzene rings is 1. The largest absolute Gasteiger partial charge is 0.504 e. The second kappa shape index (κ2) is 8.16. The smallest absolute Gasteiger partial charge is 0.341 e. The molecular formula is C18H21N3O3. The number of nitrogens with zero attached hydrogens (tertiary/aromatic N) is 3. The molecule has 0 saturated carbocycles. The molecule has 6 heteroatoms. The van der Waals surface area contributed by atoms with Gasteiger partial charge in [0, 0.05) is 6.20 Å². The SMILES string of the molecule is [C-]#[N+]c1cc(-n2cc(C(=O)OCC)cn2)ccc1OC[C@@H](C)CC. The number of hydrogen-bond acceptors (Lipinski definition) is 4. The van der Waals surface area contributed by atoms with Crippen LogP contribution in [0.2, 0.25) is 0 Å². The standard InChI is InChI=1S/C18H21N3O3/c1-5-13(3)12-24-17-8-7-15(9-16(17)19-4)21-11-14(10-20-21)18(22)23-6-2/h7-11,13H,5-6,12H2,1-3H3/t13-/m0/s1. The minimum Gasteiger partial charge on any atom is -0.504 e. The molecule has 0 fully saturated rings. The van der Waals surface area contributed by atoms with Gasteiger partial charge in [0.2, 0.25) is 5.69 Å². The van der Waals surface area contributed by atoms with Crippen LogP contribution in [0.3, 0.4) is 0 Å². The molecule has 0 unspecified atom stereocenters. The van der Waals surface area contributed by atoms with Crippen molar-refractivity contribution in [1.82, 2.24) is 9.78 Å². The van der Waals surface area contributed by atoms with Gasteiger partial charge in [-0.15, -0.1) is 0 Å². The number of aromatic nitrogens is 2. The van der Waals surface area contributed by atoms with Crippen molar-refractivity contribution in [3.63, 3.8) is 0 Å². The second-order valence-corrected chi connectivity index (χ2v) is 5.48. The number of esters is 1. The van der Waals surface area contributed by atoms with Gasteiger partial charge in [-0.05, 0) is 31.0 Å². The predicted molar refractivity (Wildman–Crippen MR) is 90.7 cm³/mol. The molecule has 0 saturated heterocycles. The maximum absolute atomic E-state index is 11.7. The highest BCUT2D eigenvalue weighted by molar-refractivity contribution is 5.88. The van der Waals surface area contributed by atoms with Crippen molar-refractivity contribution in [2.45, 2.75) is 27.2 Å². The zero-order valence-electron chi connectivity index (χ0n) is 14.2. The minimum absolute atomic E-state index is 0.314. The van der Waals surface area contributed by atoms with Crippen LogP contribution in [0, 0.1) is 12.5 Å². The summed E-state index contributed by atoms with van der Waals surface area (Å²) in [5.74, 6) is 0.580. The Balaban J connectivity index is 2.20. The van der Waals surface area contributed by atoms with Crippen LogP contribution in [0.15, 0.2) is 30.6 Å². The summed E-state index contributed by atoms with van der Waals surface area (Å²) >= 11 is 0. The Morgan fingerprint density at radius 2 is 2.21 bits per heavy atom. The number of hydrogen-bond donors (Lipinski definition) is 0. The highest BCUT2D eigenvalue weighted by atomic mass is 16.5. The van der Waals surface area contributed by atoms with E-state index in [4.69, 9.17) is 16.0 Å². The topological polar surface area (TPSA) is 57.7 Å². The molecule has 24 heavy (non-hydrogen) atoms. The molecule has 1 aromatic carbocycles. The van der Waals surface area contributed by atoms with Crippen LogP contribution in [0.5, 0.6) is 5.75 Å². The van der Waals surface area contributed by atoms with Gasteiger partial charge in [0.1, 0.15) is 5.75 Å². The van der Waals surface area contributed by atoms with Crippen molar-refractivity contribution in [3.05, 3.63) is 47.6 Å². The van der Waals surface area contributed by atoms with E-state index in [1.807, 2.05) is 6.07 Å². The van der Waals surface area contributed by atoms with Crippen LogP contribution in [0.25, 0.3) is 10.5 Å². The molecule has 126 valence electrons. The van der Waals surface area contributed by atoms with Crippen LogP contribution in [-0.4, -0.2) is 29.0 Å². The monoisotopic (exact) mass is 327 g/mol. The summed E-state index contributed by atoms with van der Waals surface area (Å²) in [6.45, 7) is 14.2. The second-order valence-electron chi connectivity index (χ2n) is 5.48. The zero-order chi connectivity index (χ0) is 17.5. The average molecular weight is 327 g/mol. The fourth-order valence-electron chi connectivity index (χ4n) is 1.99. The van der Waals surface area contributed by atoms with E-state index in [9.17, 15) is 4.79 Å². The lowest BCUT2D eigenvalue weighted by atomic mass is 10.1. The molecule has 2 aromatic rings. The maximum atomic E-state index is 11.7. The molecule has 0 bridgehead atoms. The lowest BCUT2D eigenvalue weighted by molar-refractivity contribution is 0.0526. The molecule has 0 aliphatic rings. The summed E-state index contributed by atoms with van der Waals surface area (Å²) in [6.07, 6.45) is 4.05. The van der Waals surface area contributed by atoms with Gasteiger partial charge in [-0.3, -0.25) is 0 Å². The van der Waals surface area contributed by atoms with Gasteiger partial charge in [-0.25, -0.2) is 14.3 Å². The van der Waals surface area contributed by atoms with E-state index in [-0.39, 0.29) is 0 Å². The highest BCUT2D eigenvalue weighted by Gasteiger charge is 2.12. The lowest BCUT2D eigenvalue weighted by Crippen LogP contribution is -2.07. The Morgan fingerprint density at radius 3 is 2.88 bits per heavy atom. The lowest BCUT2D eigenvalue weighted by Gasteiger charge is -2.13. The van der Waals surface area contributed by atoms with E-state index in [1.165, 1.54) is 6.20 Å². The summed E-state index contributed by atoms with van der Waals surface area (Å²) in [5, 5.41) is 4.15. The third-order valence-electron chi connectivity index (χ3n) is 3.64. The van der Waals surface area contributed by atoms with Crippen molar-refractivity contribution >= 4 is 11.7 Å². The number of rotatable bonds is 7. The van der Waals surface area contributed by atoms with Gasteiger partial charge in [0.05, 0.1) is 37.2 Å². The molecule has 1 aromatic heterocycles. The molecule has 0 aliphatic heterocycles. The summed E-state index contributed by atoms with van der Waals surface area (Å²) in [7, 11) is 0. The first-order chi connectivity index (χ1) is 11.6. The highest BCUT2D eigenvalue weighted by Crippen LogP contribution is 2.30. The Kier molecular flexibility index (Phi) is 5.96. The molecule has 0 N–H and O–H groups in total. The first kappa shape index (κ1) is 17.5. The van der Waals surface area contributed by atoms with Crippen molar-refractivity contribution in [1.29, 1.82) is 0 Å². The minimum atomic E-state index is -0.414. The van der Waals surface area contributed by atoms with Crippen LogP contribution >= 0.6 is 0 Å². The Hall–Kier alpha value is -2.81. The molecule has 0 amide bonds. The summed E-state index contributed by atoms with van der Waals surface area (Å²) in [5.41, 5.74) is 1.48. The first-order valence-corrected chi connectivity index (χ1v) is 7.95. The van der Waals surface area contributed by atoms with Gasteiger partial charge in [0.15, 0.2) is 0 Å². The fourth-order valence-corrected chi connectivity index (χ4v) is 1.99. The maximum Gasteiger partial charge on any atom is 0.341 e. The Labute approximate surface area is 141 Å². The van der Waals surface area contributed by atoms with E-state index >= 15 is 0 Å². The van der Waals surface area contributed by atoms with E-state index < -0.39 is 5.97 Å². The van der Waals surface area contributed by atoms with Crippen LogP contribution < -0.4 is 4.74 Å². The molecule has 0 aliphatic carbocycles. The van der Waals surface area contributed by atoms with E-state index in [1.54, 1.807) is 29.9 Å². The third kappa shape index (κ3) is 4.13. The van der Waals surface area contributed by atoms with Gasteiger partial charge in [-0.1, -0.05) is 20.3 Å². The van der Waals surface area contributed by atoms with Crippen molar-refractivity contribution < 1.29 is 14.3 Å². The summed E-state index contributed by atoms with van der Waals surface area (Å²) < 4.78 is 12.2. The molecule has 0 radical (unpaired) electrons. The molecule has 0 spiro atoms. The third-order valence-corrected chi connectivity index (χ3v) is 3.64. The average Bonchev–Trinajstić information content (AvgIpc) is 3.09. The fraction of sp³-hybridized carbons (Fsp3) is 0.389. The van der Waals surface area contributed by atoms with E-state index in [2.05, 4.69) is 23.8 Å². The quantitative estimate of drug-likeness (QED) is 0.569. The summed E-state index contributed by atoms with van der Waals surface area (Å²) in [6, 6.07) is 5.26. The van der Waals surface area contributed by atoms with Crippen LogP contribution in [0.4, 0.5) is 5.69 Å². The van der Waals surface area contributed by atoms with Crippen molar-refractivity contribution in [2.75, 3.05) is 13.2 Å². The predicted octanol–water partition coefficient (Wildman–Crippen LogP) is 4.02. The molecule has 1 heterocycles. The number of ether oxygens (including phenoxy) is 2. The zero-order valence-corrected chi connectivity index (χ0v) is 14.2. The molecule has 6 nitrogen and oxygen atoms in total. The summed E-state index contributed by atoms with van der Waals surface area (Å²) in [4.78, 5) is 15.2. The normalized spacial score (nSPS) is 11.6. The Morgan fingerprint density at radius 1 is 1.42 bits per heavy atom. The van der Waals surface area contributed by atoms with Crippen LogP contribution in [0.1, 0.15) is 37.6 Å². The van der Waals surface area contributed by atoms with E-state index in [0.717, 1.165) is 6.42 Å². The molecule has 2 rings (SSSR count). The number of carbonyl (C=O) groups is 1.